The van der Waals surface area contributed by atoms with Crippen LogP contribution >= 0.6 is 34.5 Å². The minimum Gasteiger partial charge on any atom is -0.493 e. The van der Waals surface area contributed by atoms with Crippen molar-refractivity contribution in [3.8, 4) is 11.5 Å². The van der Waals surface area contributed by atoms with E-state index < -0.39 is 17.8 Å². The lowest BCUT2D eigenvalue weighted by molar-refractivity contribution is -0.120. The fourth-order valence-corrected chi connectivity index (χ4v) is 4.87. The highest BCUT2D eigenvalue weighted by atomic mass is 35.5. The minimum atomic E-state index is -0.600. The first kappa shape index (κ1) is 26.2. The number of thiophene rings is 1. The number of nitrogens with zero attached hydrogens (tertiary/aromatic N) is 1. The highest BCUT2D eigenvalue weighted by Gasteiger charge is 2.20. The van der Waals surface area contributed by atoms with Gasteiger partial charge in [0, 0.05) is 10.1 Å². The molecular formula is C26H19Cl2N3O5S. The van der Waals surface area contributed by atoms with Crippen LogP contribution in [0.5, 0.6) is 11.5 Å². The van der Waals surface area contributed by atoms with Crippen molar-refractivity contribution >= 4 is 68.6 Å². The quantitative estimate of drug-likeness (QED) is 0.132. The van der Waals surface area contributed by atoms with Crippen LogP contribution in [0.1, 0.15) is 25.6 Å². The van der Waals surface area contributed by atoms with Crippen molar-refractivity contribution in [3.05, 3.63) is 92.8 Å². The molecule has 8 nitrogen and oxygen atoms in total. The molecule has 37 heavy (non-hydrogen) atoms. The van der Waals surface area contributed by atoms with Crippen LogP contribution < -0.4 is 20.2 Å². The highest BCUT2D eigenvalue weighted by Crippen LogP contribution is 2.37. The van der Waals surface area contributed by atoms with E-state index in [1.807, 2.05) is 24.3 Å². The molecule has 4 aromatic rings. The number of carbonyl (C=O) groups excluding carboxylic acids is 3. The van der Waals surface area contributed by atoms with Gasteiger partial charge in [-0.3, -0.25) is 9.59 Å². The van der Waals surface area contributed by atoms with Gasteiger partial charge in [0.15, 0.2) is 11.5 Å². The lowest BCUT2D eigenvalue weighted by Crippen LogP contribution is -2.35. The number of carbonyl (C=O) groups is 3. The fourth-order valence-electron chi connectivity index (χ4n) is 3.26. The van der Waals surface area contributed by atoms with Gasteiger partial charge < -0.3 is 14.8 Å². The smallest absolute Gasteiger partial charge is 0.355 e. The van der Waals surface area contributed by atoms with Crippen LogP contribution in [0, 0.1) is 0 Å². The molecule has 1 aromatic heterocycles. The first-order valence-electron chi connectivity index (χ1n) is 10.8. The summed E-state index contributed by atoms with van der Waals surface area (Å²) in [6.45, 7) is -0.292. The van der Waals surface area contributed by atoms with E-state index in [0.717, 1.165) is 10.1 Å². The molecule has 0 saturated carbocycles. The van der Waals surface area contributed by atoms with Gasteiger partial charge in [0.1, 0.15) is 4.88 Å². The molecule has 0 aliphatic heterocycles. The maximum absolute atomic E-state index is 12.8. The average Bonchev–Trinajstić information content (AvgIpc) is 3.25. The largest absolute Gasteiger partial charge is 0.493 e. The highest BCUT2D eigenvalue weighted by molar-refractivity contribution is 7.21. The first-order valence-corrected chi connectivity index (χ1v) is 12.4. The Labute approximate surface area is 225 Å². The number of fused-ring (bicyclic) bond motifs is 1. The Bertz CT molecular complexity index is 1520. The summed E-state index contributed by atoms with van der Waals surface area (Å²) in [5.41, 5.74) is 3.15. The maximum atomic E-state index is 12.8. The lowest BCUT2D eigenvalue weighted by atomic mass is 10.2. The zero-order valence-electron chi connectivity index (χ0n) is 19.3. The molecule has 0 spiro atoms. The molecule has 3 aromatic carbocycles. The summed E-state index contributed by atoms with van der Waals surface area (Å²) in [7, 11) is 1.43. The number of ether oxygens (including phenoxy) is 2. The third-order valence-corrected chi connectivity index (χ3v) is 7.03. The van der Waals surface area contributed by atoms with Crippen molar-refractivity contribution < 1.29 is 23.9 Å². The van der Waals surface area contributed by atoms with Crippen LogP contribution in [-0.4, -0.2) is 37.7 Å². The van der Waals surface area contributed by atoms with Gasteiger partial charge >= 0.3 is 5.97 Å². The fraction of sp³-hybridized carbons (Fsp3) is 0.0769. The SMILES string of the molecule is COc1cc(/C=N\NC(=O)CNC(=O)c2ccccc2Cl)ccc1OC(=O)c1sc2ccccc2c1Cl. The molecule has 2 amide bonds. The predicted molar refractivity (Wildman–Crippen MR) is 144 cm³/mol. The minimum absolute atomic E-state index is 0.199. The summed E-state index contributed by atoms with van der Waals surface area (Å²) in [5.74, 6) is -1.12. The molecule has 11 heteroatoms. The molecule has 0 radical (unpaired) electrons. The van der Waals surface area contributed by atoms with Gasteiger partial charge in [0.05, 0.1) is 35.5 Å². The van der Waals surface area contributed by atoms with Crippen LogP contribution in [-0.2, 0) is 4.79 Å². The standard InChI is InChI=1S/C26H19Cl2N3O5S/c1-35-20-12-15(13-30-31-22(32)14-29-25(33)16-6-2-4-8-18(16)27)10-11-19(20)36-26(34)24-23(28)17-7-3-5-9-21(17)37-24/h2-13H,14H2,1H3,(H,29,33)(H,31,32)/b30-13-. The Hall–Kier alpha value is -3.92. The third-order valence-electron chi connectivity index (χ3n) is 5.04. The van der Waals surface area contributed by atoms with E-state index >= 15 is 0 Å². The molecule has 188 valence electrons. The van der Waals surface area contributed by atoms with E-state index in [-0.39, 0.29) is 28.6 Å². The monoisotopic (exact) mass is 555 g/mol. The lowest BCUT2D eigenvalue weighted by Gasteiger charge is -2.09. The van der Waals surface area contributed by atoms with E-state index in [1.165, 1.54) is 24.7 Å². The Kier molecular flexibility index (Phi) is 8.39. The van der Waals surface area contributed by atoms with E-state index in [4.69, 9.17) is 32.7 Å². The van der Waals surface area contributed by atoms with E-state index in [9.17, 15) is 14.4 Å². The number of nitrogens with one attached hydrogen (secondary N) is 2. The molecular weight excluding hydrogens is 537 g/mol. The molecule has 0 aliphatic carbocycles. The average molecular weight is 556 g/mol. The van der Waals surface area contributed by atoms with Gasteiger partial charge in [0.25, 0.3) is 11.8 Å². The Morgan fingerprint density at radius 3 is 2.51 bits per heavy atom. The summed E-state index contributed by atoms with van der Waals surface area (Å²) < 4.78 is 11.7. The summed E-state index contributed by atoms with van der Waals surface area (Å²) in [6.07, 6.45) is 1.38. The number of hydrogen-bond donors (Lipinski definition) is 2. The summed E-state index contributed by atoms with van der Waals surface area (Å²) in [5, 5.41) is 7.76. The Balaban J connectivity index is 1.35. The maximum Gasteiger partial charge on any atom is 0.355 e. The number of esters is 1. The second-order valence-corrected chi connectivity index (χ2v) is 9.33. The van der Waals surface area contributed by atoms with Crippen molar-refractivity contribution in [1.82, 2.24) is 10.7 Å². The number of methoxy groups -OCH3 is 1. The van der Waals surface area contributed by atoms with Crippen LogP contribution in [0.2, 0.25) is 10.0 Å². The van der Waals surface area contributed by atoms with Gasteiger partial charge in [-0.15, -0.1) is 11.3 Å². The summed E-state index contributed by atoms with van der Waals surface area (Å²) in [4.78, 5) is 37.2. The van der Waals surface area contributed by atoms with Crippen molar-refractivity contribution in [2.45, 2.75) is 0 Å². The second-order valence-electron chi connectivity index (χ2n) is 7.50. The van der Waals surface area contributed by atoms with Crippen molar-refractivity contribution in [2.24, 2.45) is 5.10 Å². The Morgan fingerprint density at radius 1 is 1.00 bits per heavy atom. The molecule has 0 unspecified atom stereocenters. The van der Waals surface area contributed by atoms with Gasteiger partial charge in [-0.25, -0.2) is 10.2 Å². The zero-order valence-corrected chi connectivity index (χ0v) is 21.6. The van der Waals surface area contributed by atoms with Crippen LogP contribution in [0.25, 0.3) is 10.1 Å². The number of halogens is 2. The number of rotatable bonds is 8. The summed E-state index contributed by atoms with van der Waals surface area (Å²) in [6, 6.07) is 18.7. The topological polar surface area (TPSA) is 106 Å². The molecule has 0 aliphatic rings. The molecule has 1 heterocycles. The van der Waals surface area contributed by atoms with Crippen molar-refractivity contribution in [2.75, 3.05) is 13.7 Å². The van der Waals surface area contributed by atoms with Crippen LogP contribution in [0.15, 0.2) is 71.8 Å². The molecule has 0 fully saturated rings. The van der Waals surface area contributed by atoms with Crippen LogP contribution in [0.3, 0.4) is 0 Å². The Morgan fingerprint density at radius 2 is 1.76 bits per heavy atom. The molecule has 0 saturated heterocycles. The molecule has 4 rings (SSSR count). The van der Waals surface area contributed by atoms with E-state index in [1.54, 1.807) is 42.5 Å². The first-order chi connectivity index (χ1) is 17.9. The van der Waals surface area contributed by atoms with Crippen molar-refractivity contribution in [1.29, 1.82) is 0 Å². The molecule has 0 atom stereocenters. The molecule has 2 N–H and O–H groups in total. The van der Waals surface area contributed by atoms with E-state index in [0.29, 0.717) is 15.5 Å². The van der Waals surface area contributed by atoms with Crippen LogP contribution in [0.4, 0.5) is 0 Å². The van der Waals surface area contributed by atoms with Gasteiger partial charge in [-0.05, 0) is 42.0 Å². The molecule has 0 bridgehead atoms. The normalized spacial score (nSPS) is 10.9. The number of hydrazone groups is 1. The zero-order chi connectivity index (χ0) is 26.4. The number of benzene rings is 3. The second kappa shape index (κ2) is 11.9. The van der Waals surface area contributed by atoms with Gasteiger partial charge in [-0.2, -0.15) is 5.10 Å². The summed E-state index contributed by atoms with van der Waals surface area (Å²) >= 11 is 13.6. The van der Waals surface area contributed by atoms with Crippen molar-refractivity contribution in [3.63, 3.8) is 0 Å². The van der Waals surface area contributed by atoms with Gasteiger partial charge in [0.2, 0.25) is 0 Å². The third kappa shape index (κ3) is 6.26. The number of amides is 2. The number of hydrogen-bond acceptors (Lipinski definition) is 7. The predicted octanol–water partition coefficient (Wildman–Crippen LogP) is 5.32. The van der Waals surface area contributed by atoms with Gasteiger partial charge in [-0.1, -0.05) is 53.5 Å². The van der Waals surface area contributed by atoms with E-state index in [2.05, 4.69) is 15.8 Å².